The number of amides is 1. The number of nitrogens with two attached hydrogens (primary N) is 1. The summed E-state index contributed by atoms with van der Waals surface area (Å²) in [5.74, 6) is 0.370. The lowest BCUT2D eigenvalue weighted by Gasteiger charge is -2.35. The van der Waals surface area contributed by atoms with E-state index in [1.54, 1.807) is 12.1 Å². The minimum absolute atomic E-state index is 0.00431. The molecule has 1 saturated heterocycles. The fourth-order valence-corrected chi connectivity index (χ4v) is 2.70. The number of anilines is 1. The summed E-state index contributed by atoms with van der Waals surface area (Å²) in [7, 11) is 0. The van der Waals surface area contributed by atoms with E-state index in [4.69, 9.17) is 10.8 Å². The first-order valence-electron chi connectivity index (χ1n) is 6.78. The van der Waals surface area contributed by atoms with E-state index in [0.29, 0.717) is 17.8 Å². The molecule has 0 radical (unpaired) electrons. The number of pyridine rings is 1. The van der Waals surface area contributed by atoms with E-state index in [2.05, 4.69) is 4.98 Å². The van der Waals surface area contributed by atoms with Gasteiger partial charge in [0.1, 0.15) is 5.82 Å². The molecule has 3 N–H and O–H groups in total. The van der Waals surface area contributed by atoms with Gasteiger partial charge in [-0.05, 0) is 44.7 Å². The Morgan fingerprint density at radius 3 is 3.00 bits per heavy atom. The first kappa shape index (κ1) is 13.8. The molecule has 2 heterocycles. The van der Waals surface area contributed by atoms with E-state index in [1.807, 2.05) is 11.8 Å². The third kappa shape index (κ3) is 3.23. The SMILES string of the molecule is Cc1cc(C(=O)N2CCCCC2CCO)cc(N)n1. The Hall–Kier alpha value is -1.62. The second-order valence-corrected chi connectivity index (χ2v) is 5.08. The molecule has 0 bridgehead atoms. The molecule has 2 rings (SSSR count). The maximum atomic E-state index is 12.6. The molecule has 19 heavy (non-hydrogen) atoms. The van der Waals surface area contributed by atoms with Crippen LogP contribution in [0, 0.1) is 6.92 Å². The molecule has 0 saturated carbocycles. The quantitative estimate of drug-likeness (QED) is 0.862. The number of nitrogen functional groups attached to an aromatic ring is 1. The summed E-state index contributed by atoms with van der Waals surface area (Å²) >= 11 is 0. The fourth-order valence-electron chi connectivity index (χ4n) is 2.70. The van der Waals surface area contributed by atoms with Gasteiger partial charge in [0.15, 0.2) is 0 Å². The average molecular weight is 263 g/mol. The molecule has 1 amide bonds. The predicted octanol–water partition coefficient (Wildman–Crippen LogP) is 1.35. The molecule has 1 aromatic heterocycles. The van der Waals surface area contributed by atoms with Gasteiger partial charge >= 0.3 is 0 Å². The molecule has 0 aromatic carbocycles. The Balaban J connectivity index is 2.20. The van der Waals surface area contributed by atoms with Crippen LogP contribution in [0.5, 0.6) is 0 Å². The summed E-state index contributed by atoms with van der Waals surface area (Å²) in [6, 6.07) is 3.53. The van der Waals surface area contributed by atoms with Crippen LogP contribution < -0.4 is 5.73 Å². The Morgan fingerprint density at radius 1 is 1.53 bits per heavy atom. The van der Waals surface area contributed by atoms with Crippen molar-refractivity contribution in [2.24, 2.45) is 0 Å². The van der Waals surface area contributed by atoms with Crippen LogP contribution in [0.2, 0.25) is 0 Å². The van der Waals surface area contributed by atoms with Crippen LogP contribution in [0.3, 0.4) is 0 Å². The summed E-state index contributed by atoms with van der Waals surface area (Å²) in [5.41, 5.74) is 7.04. The molecule has 5 nitrogen and oxygen atoms in total. The van der Waals surface area contributed by atoms with Crippen molar-refractivity contribution in [3.8, 4) is 0 Å². The summed E-state index contributed by atoms with van der Waals surface area (Å²) in [6.45, 7) is 2.70. The molecule has 1 aromatic rings. The summed E-state index contributed by atoms with van der Waals surface area (Å²) in [6.07, 6.45) is 3.75. The third-order valence-electron chi connectivity index (χ3n) is 3.57. The number of nitrogens with zero attached hydrogens (tertiary/aromatic N) is 2. The number of piperidine rings is 1. The van der Waals surface area contributed by atoms with Gasteiger partial charge in [0, 0.05) is 30.5 Å². The standard InChI is InChI=1S/C14H21N3O2/c1-10-8-11(9-13(15)16-10)14(19)17-6-3-2-4-12(17)5-7-18/h8-9,12,18H,2-7H2,1H3,(H2,15,16). The largest absolute Gasteiger partial charge is 0.396 e. The van der Waals surface area contributed by atoms with Gasteiger partial charge in [0.25, 0.3) is 5.91 Å². The average Bonchev–Trinajstić information content (AvgIpc) is 2.38. The molecule has 0 spiro atoms. The predicted molar refractivity (Wildman–Crippen MR) is 73.8 cm³/mol. The summed E-state index contributed by atoms with van der Waals surface area (Å²) < 4.78 is 0. The van der Waals surface area contributed by atoms with Gasteiger partial charge in [-0.1, -0.05) is 0 Å². The van der Waals surface area contributed by atoms with E-state index in [-0.39, 0.29) is 18.6 Å². The Morgan fingerprint density at radius 2 is 2.32 bits per heavy atom. The number of hydrogen-bond donors (Lipinski definition) is 2. The molecule has 1 aliphatic heterocycles. The topological polar surface area (TPSA) is 79.5 Å². The fraction of sp³-hybridized carbons (Fsp3) is 0.571. The highest BCUT2D eigenvalue weighted by Gasteiger charge is 2.27. The second-order valence-electron chi connectivity index (χ2n) is 5.08. The molecular formula is C14H21N3O2. The van der Waals surface area contributed by atoms with Crippen molar-refractivity contribution in [2.45, 2.75) is 38.6 Å². The van der Waals surface area contributed by atoms with Crippen molar-refractivity contribution < 1.29 is 9.90 Å². The molecule has 5 heteroatoms. The Bertz CT molecular complexity index is 440. The maximum Gasteiger partial charge on any atom is 0.254 e. The number of aryl methyl sites for hydroxylation is 1. The number of carbonyl (C=O) groups excluding carboxylic acids is 1. The van der Waals surface area contributed by atoms with Gasteiger partial charge in [0.05, 0.1) is 0 Å². The Kier molecular flexibility index (Phi) is 4.37. The van der Waals surface area contributed by atoms with Crippen molar-refractivity contribution in [3.05, 3.63) is 23.4 Å². The van der Waals surface area contributed by atoms with E-state index >= 15 is 0 Å². The van der Waals surface area contributed by atoms with Crippen LogP contribution >= 0.6 is 0 Å². The summed E-state index contributed by atoms with van der Waals surface area (Å²) in [5, 5.41) is 9.11. The van der Waals surface area contributed by atoms with Crippen LogP contribution in [0.1, 0.15) is 41.7 Å². The number of hydrogen-bond acceptors (Lipinski definition) is 4. The van der Waals surface area contributed by atoms with Gasteiger partial charge < -0.3 is 15.7 Å². The first-order valence-corrected chi connectivity index (χ1v) is 6.78. The number of rotatable bonds is 3. The zero-order chi connectivity index (χ0) is 13.8. The van der Waals surface area contributed by atoms with Crippen LogP contribution in [-0.2, 0) is 0 Å². The van der Waals surface area contributed by atoms with Crippen molar-refractivity contribution >= 4 is 11.7 Å². The Labute approximate surface area is 113 Å². The minimum Gasteiger partial charge on any atom is -0.396 e. The number of aliphatic hydroxyl groups excluding tert-OH is 1. The monoisotopic (exact) mass is 263 g/mol. The van der Waals surface area contributed by atoms with Crippen molar-refractivity contribution in [1.29, 1.82) is 0 Å². The van der Waals surface area contributed by atoms with Gasteiger partial charge in [-0.2, -0.15) is 0 Å². The van der Waals surface area contributed by atoms with E-state index < -0.39 is 0 Å². The van der Waals surface area contributed by atoms with Gasteiger partial charge in [0.2, 0.25) is 0 Å². The highest BCUT2D eigenvalue weighted by molar-refractivity contribution is 5.95. The zero-order valence-corrected chi connectivity index (χ0v) is 11.3. The second kappa shape index (κ2) is 6.02. The number of likely N-dealkylation sites (tertiary alicyclic amines) is 1. The highest BCUT2D eigenvalue weighted by Crippen LogP contribution is 2.22. The number of aromatic nitrogens is 1. The molecule has 104 valence electrons. The van der Waals surface area contributed by atoms with Crippen LogP contribution in [0.15, 0.2) is 12.1 Å². The van der Waals surface area contributed by atoms with E-state index in [1.165, 1.54) is 0 Å². The van der Waals surface area contributed by atoms with Gasteiger partial charge in [-0.15, -0.1) is 0 Å². The zero-order valence-electron chi connectivity index (χ0n) is 11.3. The van der Waals surface area contributed by atoms with Crippen molar-refractivity contribution in [3.63, 3.8) is 0 Å². The van der Waals surface area contributed by atoms with Gasteiger partial charge in [-0.25, -0.2) is 4.98 Å². The first-order chi connectivity index (χ1) is 9.11. The molecule has 1 fully saturated rings. The van der Waals surface area contributed by atoms with Crippen LogP contribution in [0.25, 0.3) is 0 Å². The lowest BCUT2D eigenvalue weighted by Crippen LogP contribution is -2.44. The van der Waals surface area contributed by atoms with E-state index in [0.717, 1.165) is 31.5 Å². The molecule has 1 aliphatic rings. The van der Waals surface area contributed by atoms with Crippen LogP contribution in [0.4, 0.5) is 5.82 Å². The molecule has 1 unspecified atom stereocenters. The van der Waals surface area contributed by atoms with Crippen molar-refractivity contribution in [2.75, 3.05) is 18.9 Å². The van der Waals surface area contributed by atoms with Gasteiger partial charge in [-0.3, -0.25) is 4.79 Å². The minimum atomic E-state index is -0.00431. The third-order valence-corrected chi connectivity index (χ3v) is 3.57. The normalized spacial score (nSPS) is 19.5. The number of carbonyl (C=O) groups is 1. The lowest BCUT2D eigenvalue weighted by molar-refractivity contribution is 0.0574. The summed E-state index contributed by atoms with van der Waals surface area (Å²) in [4.78, 5) is 18.5. The molecule has 0 aliphatic carbocycles. The van der Waals surface area contributed by atoms with Crippen LogP contribution in [-0.4, -0.2) is 40.1 Å². The van der Waals surface area contributed by atoms with Crippen molar-refractivity contribution in [1.82, 2.24) is 9.88 Å². The highest BCUT2D eigenvalue weighted by atomic mass is 16.3. The van der Waals surface area contributed by atoms with E-state index in [9.17, 15) is 4.79 Å². The lowest BCUT2D eigenvalue weighted by atomic mass is 9.98. The maximum absolute atomic E-state index is 12.6. The number of aliphatic hydroxyl groups is 1. The smallest absolute Gasteiger partial charge is 0.254 e. The molecule has 1 atom stereocenters. The molecular weight excluding hydrogens is 242 g/mol.